The normalized spacial score (nSPS) is 14.1. The predicted octanol–water partition coefficient (Wildman–Crippen LogP) is 16.8. The fraction of sp³-hybridized carbons (Fsp3) is 0.911. The number of phosphoric acid groups is 1. The highest BCUT2D eigenvalue weighted by Crippen LogP contribution is 2.43. The van der Waals surface area contributed by atoms with Crippen LogP contribution in [0.25, 0.3) is 0 Å². The lowest BCUT2D eigenvalue weighted by atomic mass is 10.0. The van der Waals surface area contributed by atoms with Gasteiger partial charge in [0, 0.05) is 6.42 Å². The van der Waals surface area contributed by atoms with Crippen molar-refractivity contribution in [1.82, 2.24) is 5.32 Å². The number of amides is 1. The second-order valence-corrected chi connectivity index (χ2v) is 22.1. The van der Waals surface area contributed by atoms with Crippen molar-refractivity contribution in [3.8, 4) is 0 Å². The van der Waals surface area contributed by atoms with Crippen molar-refractivity contribution in [3.63, 3.8) is 0 Å². The van der Waals surface area contributed by atoms with Crippen molar-refractivity contribution in [3.05, 3.63) is 24.3 Å². The van der Waals surface area contributed by atoms with Crippen LogP contribution in [0.4, 0.5) is 0 Å². The summed E-state index contributed by atoms with van der Waals surface area (Å²) in [6.45, 7) is 4.84. The number of carbonyl (C=O) groups excluding carboxylic acids is 1. The van der Waals surface area contributed by atoms with Gasteiger partial charge in [-0.1, -0.05) is 263 Å². The van der Waals surface area contributed by atoms with Crippen LogP contribution < -0.4 is 5.32 Å². The molecule has 3 N–H and O–H groups in total. The van der Waals surface area contributed by atoms with Crippen LogP contribution in [0.1, 0.15) is 277 Å². The van der Waals surface area contributed by atoms with Crippen LogP contribution in [0.5, 0.6) is 0 Å². The lowest BCUT2D eigenvalue weighted by molar-refractivity contribution is -0.870. The lowest BCUT2D eigenvalue weighted by Gasteiger charge is -2.25. The molecule has 0 bridgehead atoms. The SMILES string of the molecule is CCCCCCCCCCCCCCCCCCC/C=C/CC/C=C/C(O)C(COP(=O)(O)OCC[N+](C)(C)C)NC(=O)CCCCCCCCCCCCCCCCCCCCCC. The zero-order chi connectivity index (χ0) is 47.8. The van der Waals surface area contributed by atoms with E-state index in [1.807, 2.05) is 27.2 Å². The van der Waals surface area contributed by atoms with Gasteiger partial charge in [0.25, 0.3) is 0 Å². The zero-order valence-electron chi connectivity index (χ0n) is 44.0. The van der Waals surface area contributed by atoms with Crippen LogP contribution in [0.3, 0.4) is 0 Å². The van der Waals surface area contributed by atoms with E-state index in [1.54, 1.807) is 6.08 Å². The molecule has 0 aromatic carbocycles. The first-order chi connectivity index (χ1) is 31.5. The number of aliphatic hydroxyl groups excluding tert-OH is 1. The molecule has 0 spiro atoms. The van der Waals surface area contributed by atoms with Gasteiger partial charge in [0.2, 0.25) is 5.91 Å². The second-order valence-electron chi connectivity index (χ2n) is 20.7. The standard InChI is InChI=1S/C56H111N2O6P/c1-6-8-10-12-14-16-18-20-22-24-26-28-29-30-31-33-35-37-39-41-43-45-47-49-55(59)54(53-64-65(61,62)63-52-51-58(3,4)5)57-56(60)50-48-46-44-42-40-38-36-34-32-27-25-23-21-19-17-15-13-11-9-7-2/h39,41,47,49,54-55,59H,6-38,40,42-46,48,50-53H2,1-5H3,(H-,57,60,61,62)/p+1/b41-39+,49-47+. The average molecular weight is 940 g/mol. The minimum atomic E-state index is -4.35. The Morgan fingerprint density at radius 1 is 0.508 bits per heavy atom. The van der Waals surface area contributed by atoms with Crippen LogP contribution >= 0.6 is 7.82 Å². The lowest BCUT2D eigenvalue weighted by Crippen LogP contribution is -2.45. The maximum Gasteiger partial charge on any atom is 0.472 e. The Labute approximate surface area is 404 Å². The van der Waals surface area contributed by atoms with Gasteiger partial charge in [-0.2, -0.15) is 0 Å². The van der Waals surface area contributed by atoms with E-state index in [0.717, 1.165) is 38.5 Å². The summed E-state index contributed by atoms with van der Waals surface area (Å²) in [7, 11) is 1.57. The van der Waals surface area contributed by atoms with Gasteiger partial charge in [0.1, 0.15) is 13.2 Å². The number of likely N-dealkylation sites (N-methyl/N-ethyl adjacent to an activating group) is 1. The van der Waals surface area contributed by atoms with E-state index in [-0.39, 0.29) is 19.1 Å². The molecule has 0 aromatic rings. The molecule has 8 nitrogen and oxygen atoms in total. The molecule has 0 fully saturated rings. The number of carbonyl (C=O) groups is 1. The highest BCUT2D eigenvalue weighted by molar-refractivity contribution is 7.47. The van der Waals surface area contributed by atoms with E-state index in [4.69, 9.17) is 9.05 Å². The molecule has 0 radical (unpaired) electrons. The summed E-state index contributed by atoms with van der Waals surface area (Å²) >= 11 is 0. The summed E-state index contributed by atoms with van der Waals surface area (Å²) in [4.78, 5) is 23.3. The van der Waals surface area contributed by atoms with E-state index in [9.17, 15) is 19.4 Å². The number of aliphatic hydroxyl groups is 1. The molecule has 0 aliphatic heterocycles. The van der Waals surface area contributed by atoms with Gasteiger partial charge < -0.3 is 19.8 Å². The highest BCUT2D eigenvalue weighted by Gasteiger charge is 2.27. The number of quaternary nitrogens is 1. The van der Waals surface area contributed by atoms with Gasteiger partial charge in [0.05, 0.1) is 39.9 Å². The van der Waals surface area contributed by atoms with Gasteiger partial charge in [-0.15, -0.1) is 0 Å². The first-order valence-electron chi connectivity index (χ1n) is 28.2. The van der Waals surface area contributed by atoms with Gasteiger partial charge in [0.15, 0.2) is 0 Å². The second kappa shape index (κ2) is 48.0. The molecule has 0 saturated heterocycles. The van der Waals surface area contributed by atoms with Gasteiger partial charge >= 0.3 is 7.82 Å². The smallest absolute Gasteiger partial charge is 0.387 e. The number of nitrogens with one attached hydrogen (secondary N) is 1. The van der Waals surface area contributed by atoms with Crippen LogP contribution in [0.2, 0.25) is 0 Å². The largest absolute Gasteiger partial charge is 0.472 e. The van der Waals surface area contributed by atoms with Crippen molar-refractivity contribution < 1.29 is 32.9 Å². The molecule has 9 heteroatoms. The van der Waals surface area contributed by atoms with Crippen LogP contribution in [0.15, 0.2) is 24.3 Å². The molecular weight excluding hydrogens is 828 g/mol. The monoisotopic (exact) mass is 940 g/mol. The Morgan fingerprint density at radius 2 is 0.846 bits per heavy atom. The first kappa shape index (κ1) is 64.0. The van der Waals surface area contributed by atoms with Crippen molar-refractivity contribution in [1.29, 1.82) is 0 Å². The molecule has 0 saturated carbocycles. The maximum absolute atomic E-state index is 13.0. The Hall–Kier alpha value is -1.02. The number of rotatable bonds is 52. The summed E-state index contributed by atoms with van der Waals surface area (Å²) in [5, 5.41) is 13.9. The summed E-state index contributed by atoms with van der Waals surface area (Å²) in [6.07, 6.45) is 59.9. The number of phosphoric ester groups is 1. The Kier molecular flexibility index (Phi) is 47.3. The molecule has 3 atom stereocenters. The van der Waals surface area contributed by atoms with Crippen molar-refractivity contribution in [2.45, 2.75) is 289 Å². The zero-order valence-corrected chi connectivity index (χ0v) is 44.9. The third-order valence-corrected chi connectivity index (χ3v) is 13.9. The van der Waals surface area contributed by atoms with E-state index in [1.165, 1.54) is 218 Å². The molecule has 0 heterocycles. The Bertz CT molecular complexity index is 1110. The molecule has 386 valence electrons. The highest BCUT2D eigenvalue weighted by atomic mass is 31.2. The molecule has 65 heavy (non-hydrogen) atoms. The molecule has 0 aromatic heterocycles. The fourth-order valence-electron chi connectivity index (χ4n) is 8.47. The number of unbranched alkanes of at least 4 members (excludes halogenated alkanes) is 37. The topological polar surface area (TPSA) is 105 Å². The molecular formula is C56H112N2O6P+. The van der Waals surface area contributed by atoms with E-state index < -0.39 is 20.0 Å². The number of nitrogens with zero attached hydrogens (tertiary/aromatic N) is 1. The minimum Gasteiger partial charge on any atom is -0.387 e. The Balaban J connectivity index is 4.26. The van der Waals surface area contributed by atoms with E-state index in [2.05, 4.69) is 31.3 Å². The van der Waals surface area contributed by atoms with Crippen LogP contribution in [-0.4, -0.2) is 73.4 Å². The van der Waals surface area contributed by atoms with Gasteiger partial charge in [-0.3, -0.25) is 13.8 Å². The molecule has 3 unspecified atom stereocenters. The molecule has 0 rings (SSSR count). The quantitative estimate of drug-likeness (QED) is 0.0243. The summed E-state index contributed by atoms with van der Waals surface area (Å²) in [5.74, 6) is -0.181. The van der Waals surface area contributed by atoms with Crippen molar-refractivity contribution in [2.75, 3.05) is 40.9 Å². The van der Waals surface area contributed by atoms with Crippen molar-refractivity contribution >= 4 is 13.7 Å². The van der Waals surface area contributed by atoms with E-state index in [0.29, 0.717) is 17.4 Å². The van der Waals surface area contributed by atoms with Crippen LogP contribution in [0, 0.1) is 0 Å². The third-order valence-electron chi connectivity index (χ3n) is 12.9. The fourth-order valence-corrected chi connectivity index (χ4v) is 9.21. The summed E-state index contributed by atoms with van der Waals surface area (Å²) in [6, 6.07) is -0.860. The van der Waals surface area contributed by atoms with Crippen LogP contribution in [-0.2, 0) is 18.4 Å². The first-order valence-corrected chi connectivity index (χ1v) is 29.7. The van der Waals surface area contributed by atoms with E-state index >= 15 is 0 Å². The van der Waals surface area contributed by atoms with Gasteiger partial charge in [-0.05, 0) is 32.1 Å². The summed E-state index contributed by atoms with van der Waals surface area (Å²) in [5.41, 5.74) is 0. The number of allylic oxidation sites excluding steroid dienone is 3. The summed E-state index contributed by atoms with van der Waals surface area (Å²) < 4.78 is 23.7. The minimum absolute atomic E-state index is 0.0588. The average Bonchev–Trinajstić information content (AvgIpc) is 3.26. The number of hydrogen-bond acceptors (Lipinski definition) is 5. The third kappa shape index (κ3) is 50.7. The molecule has 0 aliphatic carbocycles. The molecule has 0 aliphatic rings. The number of hydrogen-bond donors (Lipinski definition) is 3. The Morgan fingerprint density at radius 3 is 1.23 bits per heavy atom. The maximum atomic E-state index is 13.0. The predicted molar refractivity (Wildman–Crippen MR) is 281 cm³/mol. The van der Waals surface area contributed by atoms with Gasteiger partial charge in [-0.25, -0.2) is 4.57 Å². The van der Waals surface area contributed by atoms with Crippen molar-refractivity contribution in [2.24, 2.45) is 0 Å². The molecule has 1 amide bonds.